The summed E-state index contributed by atoms with van der Waals surface area (Å²) in [4.78, 5) is 0.177. The van der Waals surface area contributed by atoms with Crippen LogP contribution in [0.5, 0.6) is 0 Å². The van der Waals surface area contributed by atoms with Crippen molar-refractivity contribution in [1.82, 2.24) is 9.44 Å². The average molecular weight is 333 g/mol. The molecule has 0 aromatic heterocycles. The summed E-state index contributed by atoms with van der Waals surface area (Å²) in [5.41, 5.74) is 0.459. The Kier molecular flexibility index (Phi) is 4.87. The second-order valence-corrected chi connectivity index (χ2v) is 8.50. The van der Waals surface area contributed by atoms with Gasteiger partial charge in [0, 0.05) is 19.1 Å². The van der Waals surface area contributed by atoms with Crippen LogP contribution in [0.15, 0.2) is 29.2 Å². The molecule has 1 aromatic rings. The van der Waals surface area contributed by atoms with Gasteiger partial charge >= 0.3 is 0 Å². The number of benzene rings is 1. The number of hydrogen-bond acceptors (Lipinski definition) is 5. The SMILES string of the molecule is CS(=O)(=O)NCCNc1ccccc1S(=O)(=O)NC1CC1. The Hall–Kier alpha value is -1.16. The Morgan fingerprint density at radius 3 is 2.38 bits per heavy atom. The molecule has 0 spiro atoms. The predicted octanol–water partition coefficient (Wildman–Crippen LogP) is 0.0884. The number of nitrogens with one attached hydrogen (secondary N) is 3. The summed E-state index contributed by atoms with van der Waals surface area (Å²) in [5, 5.41) is 2.94. The van der Waals surface area contributed by atoms with Crippen molar-refractivity contribution in [2.45, 2.75) is 23.8 Å². The van der Waals surface area contributed by atoms with Gasteiger partial charge in [-0.2, -0.15) is 0 Å². The highest BCUT2D eigenvalue weighted by Gasteiger charge is 2.29. The van der Waals surface area contributed by atoms with Gasteiger partial charge < -0.3 is 5.32 Å². The molecule has 7 nitrogen and oxygen atoms in total. The van der Waals surface area contributed by atoms with E-state index in [1.165, 1.54) is 6.07 Å². The molecule has 0 radical (unpaired) electrons. The Balaban J connectivity index is 2.03. The van der Waals surface area contributed by atoms with Crippen molar-refractivity contribution >= 4 is 25.7 Å². The molecule has 1 aliphatic rings. The summed E-state index contributed by atoms with van der Waals surface area (Å²) >= 11 is 0. The molecular formula is C12H19N3O4S2. The van der Waals surface area contributed by atoms with E-state index in [1.54, 1.807) is 18.2 Å². The zero-order valence-electron chi connectivity index (χ0n) is 11.7. The highest BCUT2D eigenvalue weighted by atomic mass is 32.2. The molecule has 0 amide bonds. The maximum Gasteiger partial charge on any atom is 0.242 e. The van der Waals surface area contributed by atoms with Gasteiger partial charge in [-0.1, -0.05) is 12.1 Å². The first-order chi connectivity index (χ1) is 9.78. The van der Waals surface area contributed by atoms with E-state index >= 15 is 0 Å². The third kappa shape index (κ3) is 5.27. The van der Waals surface area contributed by atoms with Gasteiger partial charge in [-0.05, 0) is 25.0 Å². The van der Waals surface area contributed by atoms with Crippen LogP contribution in [0.3, 0.4) is 0 Å². The molecule has 118 valence electrons. The predicted molar refractivity (Wildman–Crippen MR) is 81.1 cm³/mol. The van der Waals surface area contributed by atoms with Crippen molar-refractivity contribution in [1.29, 1.82) is 0 Å². The van der Waals surface area contributed by atoms with E-state index in [0.717, 1.165) is 19.1 Å². The van der Waals surface area contributed by atoms with Crippen LogP contribution in [0, 0.1) is 0 Å². The van der Waals surface area contributed by atoms with Gasteiger partial charge in [-0.25, -0.2) is 26.3 Å². The standard InChI is InChI=1S/C12H19N3O4S2/c1-20(16,17)14-9-8-13-11-4-2-3-5-12(11)21(18,19)15-10-6-7-10/h2-5,10,13-15H,6-9H2,1H3. The zero-order chi connectivity index (χ0) is 15.5. The monoisotopic (exact) mass is 333 g/mol. The Bertz CT molecular complexity index is 697. The molecule has 3 N–H and O–H groups in total. The van der Waals surface area contributed by atoms with E-state index < -0.39 is 20.0 Å². The van der Waals surface area contributed by atoms with Crippen LogP contribution >= 0.6 is 0 Å². The van der Waals surface area contributed by atoms with E-state index in [2.05, 4.69) is 14.8 Å². The minimum atomic E-state index is -3.54. The molecule has 0 bridgehead atoms. The first-order valence-corrected chi connectivity index (χ1v) is 9.95. The molecule has 1 aliphatic carbocycles. The summed E-state index contributed by atoms with van der Waals surface area (Å²) < 4.78 is 51.3. The fourth-order valence-corrected chi connectivity index (χ4v) is 3.73. The van der Waals surface area contributed by atoms with Crippen LogP contribution in [-0.4, -0.2) is 42.2 Å². The molecule has 1 saturated carbocycles. The zero-order valence-corrected chi connectivity index (χ0v) is 13.3. The second kappa shape index (κ2) is 6.30. The van der Waals surface area contributed by atoms with Gasteiger partial charge in [0.25, 0.3) is 0 Å². The van der Waals surface area contributed by atoms with E-state index in [4.69, 9.17) is 0 Å². The van der Waals surface area contributed by atoms with Gasteiger partial charge in [-0.3, -0.25) is 0 Å². The summed E-state index contributed by atoms with van der Waals surface area (Å²) in [6.45, 7) is 0.478. The van der Waals surface area contributed by atoms with Crippen molar-refractivity contribution in [3.8, 4) is 0 Å². The molecule has 0 aliphatic heterocycles. The molecule has 2 rings (SSSR count). The summed E-state index contributed by atoms with van der Waals surface area (Å²) in [5.74, 6) is 0. The lowest BCUT2D eigenvalue weighted by atomic mass is 10.3. The van der Waals surface area contributed by atoms with Crippen LogP contribution in [0.1, 0.15) is 12.8 Å². The largest absolute Gasteiger partial charge is 0.383 e. The molecule has 0 saturated heterocycles. The Morgan fingerprint density at radius 2 is 1.76 bits per heavy atom. The smallest absolute Gasteiger partial charge is 0.242 e. The maximum atomic E-state index is 12.2. The van der Waals surface area contributed by atoms with E-state index in [-0.39, 0.29) is 17.5 Å². The summed E-state index contributed by atoms with van der Waals surface area (Å²) in [6.07, 6.45) is 2.81. The van der Waals surface area contributed by atoms with Crippen LogP contribution in [0.2, 0.25) is 0 Å². The van der Waals surface area contributed by atoms with Crippen molar-refractivity contribution in [3.05, 3.63) is 24.3 Å². The van der Waals surface area contributed by atoms with Gasteiger partial charge in [-0.15, -0.1) is 0 Å². The molecule has 0 atom stereocenters. The molecule has 21 heavy (non-hydrogen) atoms. The fraction of sp³-hybridized carbons (Fsp3) is 0.500. The quantitative estimate of drug-likeness (QED) is 0.585. The van der Waals surface area contributed by atoms with Crippen molar-refractivity contribution in [2.75, 3.05) is 24.7 Å². The lowest BCUT2D eigenvalue weighted by Gasteiger charge is -2.13. The normalized spacial score (nSPS) is 15.9. The minimum absolute atomic E-state index is 0.0370. The van der Waals surface area contributed by atoms with Gasteiger partial charge in [0.1, 0.15) is 4.90 Å². The summed E-state index contributed by atoms with van der Waals surface area (Å²) in [6, 6.07) is 6.60. The highest BCUT2D eigenvalue weighted by Crippen LogP contribution is 2.25. The third-order valence-electron chi connectivity index (χ3n) is 2.88. The average Bonchev–Trinajstić information content (AvgIpc) is 3.17. The Labute approximate surface area is 125 Å². The number of anilines is 1. The topological polar surface area (TPSA) is 104 Å². The molecule has 1 fully saturated rings. The number of sulfonamides is 2. The Morgan fingerprint density at radius 1 is 1.10 bits per heavy atom. The first-order valence-electron chi connectivity index (χ1n) is 6.58. The number of rotatable bonds is 8. The second-order valence-electron chi connectivity index (χ2n) is 4.99. The van der Waals surface area contributed by atoms with Crippen LogP contribution in [0.4, 0.5) is 5.69 Å². The highest BCUT2D eigenvalue weighted by molar-refractivity contribution is 7.89. The number of hydrogen-bond donors (Lipinski definition) is 3. The third-order valence-corrected chi connectivity index (χ3v) is 5.19. The lowest BCUT2D eigenvalue weighted by molar-refractivity contribution is 0.580. The van der Waals surface area contributed by atoms with Crippen LogP contribution < -0.4 is 14.8 Å². The molecular weight excluding hydrogens is 314 g/mol. The number of para-hydroxylation sites is 1. The fourth-order valence-electron chi connectivity index (χ4n) is 1.76. The summed E-state index contributed by atoms with van der Waals surface area (Å²) in [7, 11) is -6.79. The maximum absolute atomic E-state index is 12.2. The first kappa shape index (κ1) is 16.2. The van der Waals surface area contributed by atoms with E-state index in [9.17, 15) is 16.8 Å². The van der Waals surface area contributed by atoms with Crippen LogP contribution in [0.25, 0.3) is 0 Å². The van der Waals surface area contributed by atoms with E-state index in [1.807, 2.05) is 0 Å². The van der Waals surface area contributed by atoms with Crippen LogP contribution in [-0.2, 0) is 20.0 Å². The molecule has 9 heteroatoms. The minimum Gasteiger partial charge on any atom is -0.383 e. The lowest BCUT2D eigenvalue weighted by Crippen LogP contribution is -2.29. The van der Waals surface area contributed by atoms with Crippen molar-refractivity contribution in [3.63, 3.8) is 0 Å². The van der Waals surface area contributed by atoms with Gasteiger partial charge in [0.05, 0.1) is 11.9 Å². The van der Waals surface area contributed by atoms with Crippen molar-refractivity contribution in [2.24, 2.45) is 0 Å². The molecule has 0 heterocycles. The van der Waals surface area contributed by atoms with Gasteiger partial charge in [0.15, 0.2) is 0 Å². The molecule has 1 aromatic carbocycles. The van der Waals surface area contributed by atoms with E-state index in [0.29, 0.717) is 12.2 Å². The van der Waals surface area contributed by atoms with Gasteiger partial charge in [0.2, 0.25) is 20.0 Å². The van der Waals surface area contributed by atoms with Crippen molar-refractivity contribution < 1.29 is 16.8 Å². The molecule has 0 unspecified atom stereocenters.